The third-order valence-electron chi connectivity index (χ3n) is 1.82. The zero-order chi connectivity index (χ0) is 9.84. The largest absolute Gasteiger partial charge is 0.381 e. The number of hydrogen-bond acceptors (Lipinski definition) is 3. The van der Waals surface area contributed by atoms with E-state index in [9.17, 15) is 9.90 Å². The molecule has 1 amide bonds. The molecule has 0 saturated carbocycles. The Morgan fingerprint density at radius 1 is 1.31 bits per heavy atom. The molecule has 0 saturated heterocycles. The van der Waals surface area contributed by atoms with Crippen molar-refractivity contribution in [3.63, 3.8) is 0 Å². The number of benzene rings is 1. The van der Waals surface area contributed by atoms with Crippen LogP contribution in [0.5, 0.6) is 0 Å². The summed E-state index contributed by atoms with van der Waals surface area (Å²) in [5.74, 6) is -0.809. The Morgan fingerprint density at radius 2 is 1.85 bits per heavy atom. The number of aliphatic hydroxyl groups excluding tert-OH is 1. The fourth-order valence-electron chi connectivity index (χ4n) is 1.03. The van der Waals surface area contributed by atoms with Gasteiger partial charge >= 0.3 is 0 Å². The van der Waals surface area contributed by atoms with Gasteiger partial charge in [-0.25, -0.2) is 0 Å². The third kappa shape index (κ3) is 2.27. The van der Waals surface area contributed by atoms with Crippen molar-refractivity contribution in [3.8, 4) is 0 Å². The van der Waals surface area contributed by atoms with Crippen molar-refractivity contribution < 1.29 is 9.90 Å². The van der Waals surface area contributed by atoms with Crippen LogP contribution in [0.1, 0.15) is 11.6 Å². The molecule has 0 aliphatic heterocycles. The van der Waals surface area contributed by atoms with E-state index in [4.69, 9.17) is 11.5 Å². The summed E-state index contributed by atoms with van der Waals surface area (Å²) < 4.78 is 0. The summed E-state index contributed by atoms with van der Waals surface area (Å²) in [5.41, 5.74) is 11.2. The fraction of sp³-hybridized carbons (Fsp3) is 0.222. The van der Waals surface area contributed by atoms with E-state index in [1.54, 1.807) is 24.3 Å². The molecular weight excluding hydrogens is 168 g/mol. The minimum Gasteiger partial charge on any atom is -0.381 e. The van der Waals surface area contributed by atoms with Gasteiger partial charge in [0, 0.05) is 0 Å². The molecule has 1 aromatic carbocycles. The van der Waals surface area contributed by atoms with Crippen LogP contribution in [-0.2, 0) is 4.79 Å². The van der Waals surface area contributed by atoms with Crippen molar-refractivity contribution in [1.82, 2.24) is 0 Å². The lowest BCUT2D eigenvalue weighted by atomic mass is 10.0. The molecule has 0 bridgehead atoms. The summed E-state index contributed by atoms with van der Waals surface area (Å²) in [6.45, 7) is 0. The first-order chi connectivity index (χ1) is 6.13. The molecule has 70 valence electrons. The quantitative estimate of drug-likeness (QED) is 0.587. The van der Waals surface area contributed by atoms with Crippen molar-refractivity contribution in [2.45, 2.75) is 12.1 Å². The lowest BCUT2D eigenvalue weighted by Crippen LogP contribution is -2.37. The predicted octanol–water partition coefficient (Wildman–Crippen LogP) is -0.467. The van der Waals surface area contributed by atoms with Crippen LogP contribution in [-0.4, -0.2) is 17.1 Å². The lowest BCUT2D eigenvalue weighted by Gasteiger charge is -2.15. The molecule has 4 nitrogen and oxygen atoms in total. The van der Waals surface area contributed by atoms with Crippen LogP contribution in [0.3, 0.4) is 0 Å². The molecule has 0 fully saturated rings. The van der Waals surface area contributed by atoms with E-state index in [2.05, 4.69) is 0 Å². The Bertz CT molecular complexity index is 287. The van der Waals surface area contributed by atoms with Gasteiger partial charge in [0.15, 0.2) is 6.10 Å². The van der Waals surface area contributed by atoms with Gasteiger partial charge in [0.2, 0.25) is 5.91 Å². The Labute approximate surface area is 76.2 Å². The number of amides is 1. The summed E-state index contributed by atoms with van der Waals surface area (Å²) in [7, 11) is 0. The lowest BCUT2D eigenvalue weighted by molar-refractivity contribution is -0.127. The number of hydrogen-bond donors (Lipinski definition) is 3. The number of rotatable bonds is 3. The summed E-state index contributed by atoms with van der Waals surface area (Å²) in [5, 5.41) is 9.25. The van der Waals surface area contributed by atoms with Gasteiger partial charge < -0.3 is 16.6 Å². The Hall–Kier alpha value is -1.39. The zero-order valence-electron chi connectivity index (χ0n) is 7.05. The third-order valence-corrected chi connectivity index (χ3v) is 1.82. The van der Waals surface area contributed by atoms with Gasteiger partial charge in [-0.3, -0.25) is 4.79 Å². The number of aliphatic hydroxyl groups is 1. The van der Waals surface area contributed by atoms with Gasteiger partial charge in [-0.1, -0.05) is 30.3 Å². The van der Waals surface area contributed by atoms with Gasteiger partial charge in [0.05, 0.1) is 6.04 Å². The van der Waals surface area contributed by atoms with Crippen molar-refractivity contribution in [2.75, 3.05) is 0 Å². The molecular formula is C9H12N2O2. The molecule has 0 aliphatic rings. The van der Waals surface area contributed by atoms with E-state index >= 15 is 0 Å². The Balaban J connectivity index is 2.79. The second kappa shape index (κ2) is 4.02. The van der Waals surface area contributed by atoms with Crippen LogP contribution < -0.4 is 11.5 Å². The smallest absolute Gasteiger partial charge is 0.248 e. The zero-order valence-corrected chi connectivity index (χ0v) is 7.05. The molecule has 1 rings (SSSR count). The minimum atomic E-state index is -1.33. The monoisotopic (exact) mass is 180 g/mol. The molecule has 0 radical (unpaired) electrons. The van der Waals surface area contributed by atoms with Crippen molar-refractivity contribution >= 4 is 5.91 Å². The molecule has 1 aromatic rings. The van der Waals surface area contributed by atoms with E-state index in [0.717, 1.165) is 0 Å². The van der Waals surface area contributed by atoms with Crippen LogP contribution in [0, 0.1) is 0 Å². The van der Waals surface area contributed by atoms with Crippen LogP contribution in [0.2, 0.25) is 0 Å². The molecule has 0 unspecified atom stereocenters. The molecule has 2 atom stereocenters. The highest BCUT2D eigenvalue weighted by Gasteiger charge is 2.21. The number of nitrogens with two attached hydrogens (primary N) is 2. The van der Waals surface area contributed by atoms with Gasteiger partial charge in [-0.05, 0) is 5.56 Å². The predicted molar refractivity (Wildman–Crippen MR) is 48.6 cm³/mol. The van der Waals surface area contributed by atoms with Crippen LogP contribution in [0.15, 0.2) is 30.3 Å². The van der Waals surface area contributed by atoms with E-state index in [-0.39, 0.29) is 0 Å². The van der Waals surface area contributed by atoms with Gasteiger partial charge in [-0.15, -0.1) is 0 Å². The highest BCUT2D eigenvalue weighted by molar-refractivity contribution is 5.79. The first-order valence-electron chi connectivity index (χ1n) is 3.91. The highest BCUT2D eigenvalue weighted by atomic mass is 16.3. The first kappa shape index (κ1) is 9.70. The molecule has 0 heterocycles. The van der Waals surface area contributed by atoms with Crippen molar-refractivity contribution in [3.05, 3.63) is 35.9 Å². The van der Waals surface area contributed by atoms with Crippen LogP contribution in [0.25, 0.3) is 0 Å². The van der Waals surface area contributed by atoms with Crippen LogP contribution in [0.4, 0.5) is 0 Å². The molecule has 5 N–H and O–H groups in total. The average Bonchev–Trinajstić information content (AvgIpc) is 2.17. The summed E-state index contributed by atoms with van der Waals surface area (Å²) in [6.07, 6.45) is -1.33. The highest BCUT2D eigenvalue weighted by Crippen LogP contribution is 2.12. The second-order valence-electron chi connectivity index (χ2n) is 2.78. The normalized spacial score (nSPS) is 14.9. The Kier molecular flexibility index (Phi) is 3.00. The topological polar surface area (TPSA) is 89.3 Å². The Morgan fingerprint density at radius 3 is 2.31 bits per heavy atom. The first-order valence-corrected chi connectivity index (χ1v) is 3.91. The van der Waals surface area contributed by atoms with E-state index in [1.807, 2.05) is 6.07 Å². The van der Waals surface area contributed by atoms with Crippen molar-refractivity contribution in [1.29, 1.82) is 0 Å². The number of carbonyl (C=O) groups is 1. The molecule has 4 heteroatoms. The number of carbonyl (C=O) groups excluding carboxylic acids is 1. The SMILES string of the molecule is NC(=O)[C@H](O)[C@H](N)c1ccccc1. The summed E-state index contributed by atoms with van der Waals surface area (Å²) >= 11 is 0. The fourth-order valence-corrected chi connectivity index (χ4v) is 1.03. The van der Waals surface area contributed by atoms with E-state index < -0.39 is 18.1 Å². The second-order valence-corrected chi connectivity index (χ2v) is 2.78. The maximum atomic E-state index is 10.6. The van der Waals surface area contributed by atoms with E-state index in [1.165, 1.54) is 0 Å². The van der Waals surface area contributed by atoms with Gasteiger partial charge in [0.1, 0.15) is 0 Å². The summed E-state index contributed by atoms with van der Waals surface area (Å²) in [6, 6.07) is 8.10. The minimum absolute atomic E-state index is 0.689. The average molecular weight is 180 g/mol. The summed E-state index contributed by atoms with van der Waals surface area (Å²) in [4.78, 5) is 10.6. The maximum Gasteiger partial charge on any atom is 0.248 e. The maximum absolute atomic E-state index is 10.6. The van der Waals surface area contributed by atoms with Crippen molar-refractivity contribution in [2.24, 2.45) is 11.5 Å². The molecule has 0 aliphatic carbocycles. The standard InChI is InChI=1S/C9H12N2O2/c10-7(8(12)9(11)13)6-4-2-1-3-5-6/h1-5,7-8,12H,10H2,(H2,11,13)/t7-,8-/m1/s1. The van der Waals surface area contributed by atoms with Gasteiger partial charge in [-0.2, -0.15) is 0 Å². The van der Waals surface area contributed by atoms with Crippen LogP contribution >= 0.6 is 0 Å². The number of primary amides is 1. The molecule has 0 aromatic heterocycles. The molecule has 13 heavy (non-hydrogen) atoms. The van der Waals surface area contributed by atoms with E-state index in [0.29, 0.717) is 5.56 Å². The van der Waals surface area contributed by atoms with Gasteiger partial charge in [0.25, 0.3) is 0 Å². The molecule has 0 spiro atoms.